The monoisotopic (exact) mass is 292 g/mol. The van der Waals surface area contributed by atoms with Crippen LogP contribution in [0.1, 0.15) is 5.69 Å². The number of pyridine rings is 1. The van der Waals surface area contributed by atoms with E-state index in [1.165, 1.54) is 10.6 Å². The number of rotatable bonds is 1. The molecule has 0 atom stereocenters. The molecule has 3 aromatic heterocycles. The lowest BCUT2D eigenvalue weighted by Crippen LogP contribution is -1.86. The molecule has 0 saturated carbocycles. The molecule has 0 radical (unpaired) electrons. The van der Waals surface area contributed by atoms with E-state index in [1.807, 2.05) is 12.1 Å². The Kier molecular flexibility index (Phi) is 2.33. The Morgan fingerprint density at radius 1 is 1.31 bits per heavy atom. The third kappa shape index (κ3) is 1.49. The fourth-order valence-corrected chi connectivity index (χ4v) is 2.89. The second-order valence-corrected chi connectivity index (χ2v) is 5.46. The van der Waals surface area contributed by atoms with E-state index in [0.717, 1.165) is 15.8 Å². The first-order valence-corrected chi connectivity index (χ1v) is 6.61. The molecule has 0 aliphatic rings. The second-order valence-electron chi connectivity index (χ2n) is 3.60. The van der Waals surface area contributed by atoms with Crippen molar-refractivity contribution in [2.45, 2.75) is 6.92 Å². The molecule has 0 aliphatic carbocycles. The van der Waals surface area contributed by atoms with E-state index < -0.39 is 0 Å². The Balaban J connectivity index is 2.32. The first-order chi connectivity index (χ1) is 7.75. The van der Waals surface area contributed by atoms with Gasteiger partial charge in [-0.25, -0.2) is 4.98 Å². The van der Waals surface area contributed by atoms with Crippen molar-refractivity contribution in [3.8, 4) is 10.6 Å². The average Bonchev–Trinajstić information content (AvgIpc) is 2.87. The fraction of sp³-hybridized carbons (Fsp3) is 0.0833. The highest BCUT2D eigenvalue weighted by molar-refractivity contribution is 9.10. The summed E-state index contributed by atoms with van der Waals surface area (Å²) in [6.45, 7) is 2.10. The number of imidazole rings is 1. The lowest BCUT2D eigenvalue weighted by molar-refractivity contribution is 1.10. The van der Waals surface area contributed by atoms with Gasteiger partial charge in [0.15, 0.2) is 0 Å². The maximum atomic E-state index is 4.65. The van der Waals surface area contributed by atoms with E-state index in [9.17, 15) is 0 Å². The summed E-state index contributed by atoms with van der Waals surface area (Å²) >= 11 is 5.20. The van der Waals surface area contributed by atoms with Crippen molar-refractivity contribution in [2.24, 2.45) is 0 Å². The Morgan fingerprint density at radius 2 is 2.19 bits per heavy atom. The van der Waals surface area contributed by atoms with Crippen molar-refractivity contribution < 1.29 is 0 Å². The molecular weight excluding hydrogens is 284 g/mol. The molecule has 80 valence electrons. The van der Waals surface area contributed by atoms with Crippen LogP contribution in [0.5, 0.6) is 0 Å². The van der Waals surface area contributed by atoms with E-state index in [4.69, 9.17) is 0 Å². The Morgan fingerprint density at radius 3 is 2.94 bits per heavy atom. The van der Waals surface area contributed by atoms with E-state index in [2.05, 4.69) is 55.9 Å². The molecule has 4 heteroatoms. The molecule has 0 aliphatic heterocycles. The van der Waals surface area contributed by atoms with Crippen molar-refractivity contribution in [1.29, 1.82) is 0 Å². The molecule has 0 fully saturated rings. The SMILES string of the molecule is Cc1c(-c2cccs2)nc2ccc(Br)cn12. The van der Waals surface area contributed by atoms with Crippen LogP contribution in [0.25, 0.3) is 16.2 Å². The fourth-order valence-electron chi connectivity index (χ4n) is 1.78. The number of thiophene rings is 1. The van der Waals surface area contributed by atoms with E-state index >= 15 is 0 Å². The van der Waals surface area contributed by atoms with Crippen LogP contribution in [0, 0.1) is 6.92 Å². The van der Waals surface area contributed by atoms with E-state index in [0.29, 0.717) is 0 Å². The molecule has 0 N–H and O–H groups in total. The minimum Gasteiger partial charge on any atom is -0.303 e. The molecule has 0 unspecified atom stereocenters. The minimum atomic E-state index is 0.990. The number of fused-ring (bicyclic) bond motifs is 1. The standard InChI is InChI=1S/C12H9BrN2S/c1-8-12(10-3-2-6-16-10)14-11-5-4-9(13)7-15(8)11/h2-7H,1H3. The summed E-state index contributed by atoms with van der Waals surface area (Å²) in [6, 6.07) is 8.20. The predicted molar refractivity (Wildman–Crippen MR) is 70.9 cm³/mol. The number of nitrogens with zero attached hydrogens (tertiary/aromatic N) is 2. The highest BCUT2D eigenvalue weighted by atomic mass is 79.9. The minimum absolute atomic E-state index is 0.990. The molecule has 3 heterocycles. The topological polar surface area (TPSA) is 17.3 Å². The van der Waals surface area contributed by atoms with Crippen LogP contribution >= 0.6 is 27.3 Å². The molecule has 0 saturated heterocycles. The smallest absolute Gasteiger partial charge is 0.137 e. The molecule has 0 spiro atoms. The van der Waals surface area contributed by atoms with Crippen LogP contribution in [0.15, 0.2) is 40.3 Å². The number of hydrogen-bond donors (Lipinski definition) is 0. The average molecular weight is 293 g/mol. The van der Waals surface area contributed by atoms with Crippen LogP contribution in [0.3, 0.4) is 0 Å². The molecule has 3 aromatic rings. The Hall–Kier alpha value is -1.13. The Bertz CT molecular complexity index is 640. The zero-order chi connectivity index (χ0) is 11.1. The quantitative estimate of drug-likeness (QED) is 0.659. The molecule has 16 heavy (non-hydrogen) atoms. The van der Waals surface area contributed by atoms with Crippen molar-refractivity contribution in [3.05, 3.63) is 46.0 Å². The molecule has 0 aromatic carbocycles. The van der Waals surface area contributed by atoms with Gasteiger partial charge in [-0.2, -0.15) is 0 Å². The molecular formula is C12H9BrN2S. The zero-order valence-corrected chi connectivity index (χ0v) is 11.0. The third-order valence-electron chi connectivity index (χ3n) is 2.58. The van der Waals surface area contributed by atoms with Crippen LogP contribution < -0.4 is 0 Å². The summed E-state index contributed by atoms with van der Waals surface area (Å²) in [5, 5.41) is 2.08. The van der Waals surface area contributed by atoms with Crippen LogP contribution in [-0.4, -0.2) is 9.38 Å². The highest BCUT2D eigenvalue weighted by Gasteiger charge is 2.10. The maximum absolute atomic E-state index is 4.65. The molecule has 0 amide bonds. The normalized spacial score (nSPS) is 11.1. The first kappa shape index (κ1) is 10.1. The summed E-state index contributed by atoms with van der Waals surface area (Å²) in [4.78, 5) is 5.87. The van der Waals surface area contributed by atoms with Gasteiger partial charge in [-0.1, -0.05) is 6.07 Å². The maximum Gasteiger partial charge on any atom is 0.137 e. The van der Waals surface area contributed by atoms with Gasteiger partial charge < -0.3 is 4.40 Å². The Labute approximate surface area is 106 Å². The van der Waals surface area contributed by atoms with Crippen LogP contribution in [0.2, 0.25) is 0 Å². The lowest BCUT2D eigenvalue weighted by atomic mass is 10.3. The summed E-state index contributed by atoms with van der Waals surface area (Å²) in [5.74, 6) is 0. The summed E-state index contributed by atoms with van der Waals surface area (Å²) in [6.07, 6.45) is 2.05. The van der Waals surface area contributed by atoms with Gasteiger partial charge in [0, 0.05) is 16.4 Å². The summed E-state index contributed by atoms with van der Waals surface area (Å²) in [7, 11) is 0. The van der Waals surface area contributed by atoms with Gasteiger partial charge in [-0.3, -0.25) is 0 Å². The molecule has 0 bridgehead atoms. The van der Waals surface area contributed by atoms with Gasteiger partial charge >= 0.3 is 0 Å². The van der Waals surface area contributed by atoms with Crippen LogP contribution in [-0.2, 0) is 0 Å². The van der Waals surface area contributed by atoms with Gasteiger partial charge in [-0.15, -0.1) is 11.3 Å². The molecule has 3 rings (SSSR count). The van der Waals surface area contributed by atoms with Gasteiger partial charge in [0.05, 0.1) is 4.88 Å². The predicted octanol–water partition coefficient (Wildman–Crippen LogP) is 4.13. The van der Waals surface area contributed by atoms with Crippen molar-refractivity contribution >= 4 is 32.9 Å². The van der Waals surface area contributed by atoms with Gasteiger partial charge in [-0.05, 0) is 46.4 Å². The van der Waals surface area contributed by atoms with Crippen molar-refractivity contribution in [3.63, 3.8) is 0 Å². The molecule has 2 nitrogen and oxygen atoms in total. The van der Waals surface area contributed by atoms with Crippen molar-refractivity contribution in [1.82, 2.24) is 9.38 Å². The number of halogens is 1. The van der Waals surface area contributed by atoms with Crippen molar-refractivity contribution in [2.75, 3.05) is 0 Å². The summed E-state index contributed by atoms with van der Waals surface area (Å²) < 4.78 is 3.18. The van der Waals surface area contributed by atoms with Crippen LogP contribution in [0.4, 0.5) is 0 Å². The second kappa shape index (κ2) is 3.71. The third-order valence-corrected chi connectivity index (χ3v) is 3.92. The van der Waals surface area contributed by atoms with E-state index in [-0.39, 0.29) is 0 Å². The first-order valence-electron chi connectivity index (χ1n) is 4.94. The number of hydrogen-bond acceptors (Lipinski definition) is 2. The number of aryl methyl sites for hydroxylation is 1. The lowest BCUT2D eigenvalue weighted by Gasteiger charge is -1.97. The highest BCUT2D eigenvalue weighted by Crippen LogP contribution is 2.28. The van der Waals surface area contributed by atoms with Gasteiger partial charge in [0.2, 0.25) is 0 Å². The van der Waals surface area contributed by atoms with Gasteiger partial charge in [0.25, 0.3) is 0 Å². The number of aromatic nitrogens is 2. The van der Waals surface area contributed by atoms with Gasteiger partial charge in [0.1, 0.15) is 11.3 Å². The van der Waals surface area contributed by atoms with E-state index in [1.54, 1.807) is 11.3 Å². The summed E-state index contributed by atoms with van der Waals surface area (Å²) in [5.41, 5.74) is 3.25. The largest absolute Gasteiger partial charge is 0.303 e. The zero-order valence-electron chi connectivity index (χ0n) is 8.64.